The summed E-state index contributed by atoms with van der Waals surface area (Å²) in [7, 11) is 0. The molecule has 0 atom stereocenters. The summed E-state index contributed by atoms with van der Waals surface area (Å²) in [6.45, 7) is 2.16. The van der Waals surface area contributed by atoms with E-state index in [1.165, 1.54) is 12.1 Å². The second-order valence-corrected chi connectivity index (χ2v) is 4.81. The van der Waals surface area contributed by atoms with Gasteiger partial charge in [0.05, 0.1) is 28.5 Å². The van der Waals surface area contributed by atoms with E-state index in [-0.39, 0.29) is 22.3 Å². The standard InChI is InChI=1S/C13H12BrFN2O3/c1-2-7-5-17-10(20-7)6-16-9-4-3-8(13(18)19)11(14)12(9)15/h3-5,16H,2,6H2,1H3,(H,18,19). The lowest BCUT2D eigenvalue weighted by Gasteiger charge is -2.08. The highest BCUT2D eigenvalue weighted by atomic mass is 79.9. The average Bonchev–Trinajstić information content (AvgIpc) is 2.88. The van der Waals surface area contributed by atoms with Crippen LogP contribution in [0.3, 0.4) is 0 Å². The van der Waals surface area contributed by atoms with Crippen LogP contribution in [-0.2, 0) is 13.0 Å². The Morgan fingerprint density at radius 3 is 2.90 bits per heavy atom. The Kier molecular flexibility index (Phi) is 4.39. The van der Waals surface area contributed by atoms with Gasteiger partial charge in [0.2, 0.25) is 5.89 Å². The van der Waals surface area contributed by atoms with Gasteiger partial charge in [-0.15, -0.1) is 0 Å². The van der Waals surface area contributed by atoms with Crippen LogP contribution in [0.4, 0.5) is 10.1 Å². The van der Waals surface area contributed by atoms with Gasteiger partial charge in [-0.1, -0.05) is 6.92 Å². The van der Waals surface area contributed by atoms with E-state index in [0.29, 0.717) is 5.89 Å². The Balaban J connectivity index is 2.14. The highest BCUT2D eigenvalue weighted by Gasteiger charge is 2.16. The third kappa shape index (κ3) is 2.98. The second-order valence-electron chi connectivity index (χ2n) is 4.02. The average molecular weight is 343 g/mol. The molecule has 2 N–H and O–H groups in total. The first-order valence-electron chi connectivity index (χ1n) is 5.91. The van der Waals surface area contributed by atoms with Crippen LogP contribution in [0.25, 0.3) is 0 Å². The molecule has 0 saturated carbocycles. The molecule has 1 aromatic heterocycles. The van der Waals surface area contributed by atoms with Crippen LogP contribution in [-0.4, -0.2) is 16.1 Å². The monoisotopic (exact) mass is 342 g/mol. The molecule has 0 aliphatic carbocycles. The minimum absolute atomic E-state index is 0.0864. The van der Waals surface area contributed by atoms with Gasteiger partial charge in [0.25, 0.3) is 0 Å². The number of hydrogen-bond donors (Lipinski definition) is 2. The van der Waals surface area contributed by atoms with Gasteiger partial charge in [-0.2, -0.15) is 0 Å². The Labute approximate surface area is 123 Å². The molecule has 0 radical (unpaired) electrons. The summed E-state index contributed by atoms with van der Waals surface area (Å²) in [5.41, 5.74) is 0.0515. The number of aromatic carboxylic acids is 1. The molecule has 20 heavy (non-hydrogen) atoms. The van der Waals surface area contributed by atoms with Gasteiger partial charge in [0.1, 0.15) is 5.76 Å². The lowest BCUT2D eigenvalue weighted by atomic mass is 10.2. The molecule has 1 aromatic carbocycles. The zero-order chi connectivity index (χ0) is 14.7. The van der Waals surface area contributed by atoms with Crippen molar-refractivity contribution >= 4 is 27.6 Å². The maximum atomic E-state index is 14.0. The van der Waals surface area contributed by atoms with Crippen LogP contribution in [0.2, 0.25) is 0 Å². The van der Waals surface area contributed by atoms with E-state index in [4.69, 9.17) is 9.52 Å². The van der Waals surface area contributed by atoms with E-state index >= 15 is 0 Å². The molecule has 0 saturated heterocycles. The van der Waals surface area contributed by atoms with E-state index in [1.54, 1.807) is 6.20 Å². The molecule has 2 rings (SSSR count). The number of rotatable bonds is 5. The summed E-state index contributed by atoms with van der Waals surface area (Å²) in [4.78, 5) is 14.9. The van der Waals surface area contributed by atoms with Crippen LogP contribution in [0.5, 0.6) is 0 Å². The molecule has 5 nitrogen and oxygen atoms in total. The van der Waals surface area contributed by atoms with E-state index in [0.717, 1.165) is 12.2 Å². The molecule has 0 unspecified atom stereocenters. The summed E-state index contributed by atoms with van der Waals surface area (Å²) in [5, 5.41) is 11.7. The zero-order valence-electron chi connectivity index (χ0n) is 10.6. The number of aromatic nitrogens is 1. The molecule has 0 aliphatic heterocycles. The predicted octanol–water partition coefficient (Wildman–Crippen LogP) is 3.45. The van der Waals surface area contributed by atoms with Crippen molar-refractivity contribution in [1.82, 2.24) is 4.98 Å². The van der Waals surface area contributed by atoms with Crippen LogP contribution >= 0.6 is 15.9 Å². The molecular formula is C13H12BrFN2O3. The lowest BCUT2D eigenvalue weighted by Crippen LogP contribution is -2.05. The number of oxazole rings is 1. The van der Waals surface area contributed by atoms with Gasteiger partial charge in [-0.25, -0.2) is 14.2 Å². The van der Waals surface area contributed by atoms with Crippen molar-refractivity contribution in [2.45, 2.75) is 19.9 Å². The van der Waals surface area contributed by atoms with Crippen molar-refractivity contribution in [2.75, 3.05) is 5.32 Å². The first-order valence-corrected chi connectivity index (χ1v) is 6.71. The molecule has 0 bridgehead atoms. The minimum atomic E-state index is -1.19. The number of carboxylic acid groups (broad SMARTS) is 1. The second kappa shape index (κ2) is 6.04. The molecular weight excluding hydrogens is 331 g/mol. The summed E-state index contributed by atoms with van der Waals surface area (Å²) in [5.74, 6) is -0.654. The Morgan fingerprint density at radius 1 is 1.55 bits per heavy atom. The number of carbonyl (C=O) groups is 1. The number of halogens is 2. The molecule has 106 valence electrons. The van der Waals surface area contributed by atoms with Gasteiger partial charge < -0.3 is 14.8 Å². The lowest BCUT2D eigenvalue weighted by molar-refractivity contribution is 0.0695. The fourth-order valence-electron chi connectivity index (χ4n) is 1.62. The SMILES string of the molecule is CCc1cnc(CNc2ccc(C(=O)O)c(Br)c2F)o1. The third-order valence-electron chi connectivity index (χ3n) is 2.69. The number of aryl methyl sites for hydroxylation is 1. The first-order chi connectivity index (χ1) is 9.52. The van der Waals surface area contributed by atoms with Gasteiger partial charge >= 0.3 is 5.97 Å². The van der Waals surface area contributed by atoms with Crippen LogP contribution in [0, 0.1) is 5.82 Å². The fourth-order valence-corrected chi connectivity index (χ4v) is 2.13. The Hall–Kier alpha value is -1.89. The number of anilines is 1. The largest absolute Gasteiger partial charge is 0.478 e. The van der Waals surface area contributed by atoms with E-state index < -0.39 is 11.8 Å². The van der Waals surface area contributed by atoms with Crippen LogP contribution in [0.15, 0.2) is 27.2 Å². The Morgan fingerprint density at radius 2 is 2.30 bits per heavy atom. The van der Waals surface area contributed by atoms with Gasteiger partial charge in [-0.3, -0.25) is 0 Å². The Bertz CT molecular complexity index is 643. The first kappa shape index (κ1) is 14.5. The molecule has 0 aliphatic rings. The van der Waals surface area contributed by atoms with Gasteiger partial charge in [0, 0.05) is 6.42 Å². The molecule has 2 aromatic rings. The number of benzene rings is 1. The number of hydrogen-bond acceptors (Lipinski definition) is 4. The van der Waals surface area contributed by atoms with E-state index in [9.17, 15) is 9.18 Å². The van der Waals surface area contributed by atoms with Crippen molar-refractivity contribution in [3.8, 4) is 0 Å². The van der Waals surface area contributed by atoms with E-state index in [2.05, 4.69) is 26.2 Å². The molecule has 7 heteroatoms. The highest BCUT2D eigenvalue weighted by molar-refractivity contribution is 9.10. The van der Waals surface area contributed by atoms with Crippen molar-refractivity contribution in [2.24, 2.45) is 0 Å². The minimum Gasteiger partial charge on any atom is -0.478 e. The van der Waals surface area contributed by atoms with Crippen molar-refractivity contribution in [1.29, 1.82) is 0 Å². The molecule has 0 spiro atoms. The summed E-state index contributed by atoms with van der Waals surface area (Å²) < 4.78 is 19.3. The third-order valence-corrected chi connectivity index (χ3v) is 3.47. The van der Waals surface area contributed by atoms with Gasteiger partial charge in [-0.05, 0) is 28.1 Å². The quantitative estimate of drug-likeness (QED) is 0.870. The molecule has 0 amide bonds. The fraction of sp³-hybridized carbons (Fsp3) is 0.231. The zero-order valence-corrected chi connectivity index (χ0v) is 12.2. The summed E-state index contributed by atoms with van der Waals surface area (Å²) >= 11 is 2.94. The maximum absolute atomic E-state index is 14.0. The number of nitrogens with one attached hydrogen (secondary N) is 1. The van der Waals surface area contributed by atoms with Gasteiger partial charge in [0.15, 0.2) is 5.82 Å². The van der Waals surface area contributed by atoms with Crippen LogP contribution in [0.1, 0.15) is 28.9 Å². The topological polar surface area (TPSA) is 75.4 Å². The molecule has 0 fully saturated rings. The predicted molar refractivity (Wildman–Crippen MR) is 74.3 cm³/mol. The van der Waals surface area contributed by atoms with Crippen LogP contribution < -0.4 is 5.32 Å². The summed E-state index contributed by atoms with van der Waals surface area (Å²) in [6.07, 6.45) is 2.36. The summed E-state index contributed by atoms with van der Waals surface area (Å²) in [6, 6.07) is 2.69. The van der Waals surface area contributed by atoms with E-state index in [1.807, 2.05) is 6.92 Å². The smallest absolute Gasteiger partial charge is 0.336 e. The highest BCUT2D eigenvalue weighted by Crippen LogP contribution is 2.27. The van der Waals surface area contributed by atoms with Crippen molar-refractivity contribution < 1.29 is 18.7 Å². The van der Waals surface area contributed by atoms with Crippen molar-refractivity contribution in [3.63, 3.8) is 0 Å². The normalized spacial score (nSPS) is 10.6. The number of carboxylic acids is 1. The maximum Gasteiger partial charge on any atom is 0.336 e. The van der Waals surface area contributed by atoms with Crippen molar-refractivity contribution in [3.05, 3.63) is 45.8 Å². The number of nitrogens with zero attached hydrogens (tertiary/aromatic N) is 1. The molecule has 1 heterocycles.